The van der Waals surface area contributed by atoms with Crippen LogP contribution in [0.1, 0.15) is 6.42 Å². The number of rotatable bonds is 4. The van der Waals surface area contributed by atoms with Gasteiger partial charge in [0.15, 0.2) is 0 Å². The van der Waals surface area contributed by atoms with E-state index in [1.165, 1.54) is 12.0 Å². The van der Waals surface area contributed by atoms with Gasteiger partial charge in [0.05, 0.1) is 7.11 Å². The molecule has 0 atom stereocenters. The third kappa shape index (κ3) is 4.47. The second-order valence-electron chi connectivity index (χ2n) is 2.68. The Morgan fingerprint density at radius 2 is 2.08 bits per heavy atom. The molecule has 5 nitrogen and oxygen atoms in total. The second kappa shape index (κ2) is 6.42. The van der Waals surface area contributed by atoms with E-state index >= 15 is 0 Å². The van der Waals surface area contributed by atoms with Gasteiger partial charge < -0.3 is 15.0 Å². The van der Waals surface area contributed by atoms with E-state index in [1.807, 2.05) is 7.05 Å². The standard InChI is InChI=1S/C8H16N2O3/c1-9-5-4-6-10(2)7(11)8(12)13-3/h9H,4-6H2,1-3H3. The Kier molecular flexibility index (Phi) is 5.88. The van der Waals surface area contributed by atoms with Crippen LogP contribution in [0.3, 0.4) is 0 Å². The highest BCUT2D eigenvalue weighted by molar-refractivity contribution is 6.32. The zero-order chi connectivity index (χ0) is 10.3. The number of carbonyl (C=O) groups is 2. The molecule has 0 aliphatic rings. The highest BCUT2D eigenvalue weighted by atomic mass is 16.5. The molecule has 0 rings (SSSR count). The summed E-state index contributed by atoms with van der Waals surface area (Å²) in [6, 6.07) is 0. The molecule has 0 saturated heterocycles. The molecule has 0 unspecified atom stereocenters. The summed E-state index contributed by atoms with van der Waals surface area (Å²) in [4.78, 5) is 23.2. The molecule has 0 fully saturated rings. The average molecular weight is 188 g/mol. The molecule has 0 aliphatic carbocycles. The Hall–Kier alpha value is -1.10. The average Bonchev–Trinajstić information content (AvgIpc) is 2.15. The number of nitrogens with zero attached hydrogens (tertiary/aromatic N) is 1. The lowest BCUT2D eigenvalue weighted by Gasteiger charge is -2.14. The van der Waals surface area contributed by atoms with E-state index in [0.717, 1.165) is 13.0 Å². The van der Waals surface area contributed by atoms with Crippen molar-refractivity contribution >= 4 is 11.9 Å². The Morgan fingerprint density at radius 3 is 2.54 bits per heavy atom. The van der Waals surface area contributed by atoms with Crippen LogP contribution < -0.4 is 5.32 Å². The summed E-state index contributed by atoms with van der Waals surface area (Å²) >= 11 is 0. The van der Waals surface area contributed by atoms with E-state index in [-0.39, 0.29) is 0 Å². The zero-order valence-corrected chi connectivity index (χ0v) is 8.29. The fraction of sp³-hybridized carbons (Fsp3) is 0.750. The maximum absolute atomic E-state index is 11.1. The Balaban J connectivity index is 3.76. The van der Waals surface area contributed by atoms with Crippen LogP contribution in [-0.2, 0) is 14.3 Å². The largest absolute Gasteiger partial charge is 0.462 e. The molecule has 0 aromatic rings. The van der Waals surface area contributed by atoms with E-state index in [4.69, 9.17) is 0 Å². The molecule has 5 heteroatoms. The first-order chi connectivity index (χ1) is 6.13. The molecule has 1 amide bonds. The van der Waals surface area contributed by atoms with E-state index in [1.54, 1.807) is 7.05 Å². The maximum Gasteiger partial charge on any atom is 0.396 e. The van der Waals surface area contributed by atoms with Gasteiger partial charge in [0, 0.05) is 13.6 Å². The molecule has 1 N–H and O–H groups in total. The highest BCUT2D eigenvalue weighted by Gasteiger charge is 2.17. The van der Waals surface area contributed by atoms with Gasteiger partial charge in [-0.15, -0.1) is 0 Å². The van der Waals surface area contributed by atoms with E-state index in [0.29, 0.717) is 6.54 Å². The van der Waals surface area contributed by atoms with Crippen molar-refractivity contribution in [3.63, 3.8) is 0 Å². The molecule has 76 valence electrons. The van der Waals surface area contributed by atoms with Crippen molar-refractivity contribution in [3.8, 4) is 0 Å². The number of methoxy groups -OCH3 is 1. The molecule has 0 aromatic heterocycles. The van der Waals surface area contributed by atoms with Gasteiger partial charge >= 0.3 is 11.9 Å². The smallest absolute Gasteiger partial charge is 0.396 e. The molecule has 13 heavy (non-hydrogen) atoms. The number of likely N-dealkylation sites (N-methyl/N-ethyl adjacent to an activating group) is 1. The monoisotopic (exact) mass is 188 g/mol. The number of hydrogen-bond donors (Lipinski definition) is 1. The van der Waals surface area contributed by atoms with Gasteiger partial charge in [-0.1, -0.05) is 0 Å². The summed E-state index contributed by atoms with van der Waals surface area (Å²) < 4.78 is 4.29. The first-order valence-electron chi connectivity index (χ1n) is 4.11. The van der Waals surface area contributed by atoms with Crippen LogP contribution in [0.15, 0.2) is 0 Å². The minimum atomic E-state index is -0.813. The number of carbonyl (C=O) groups excluding carboxylic acids is 2. The van der Waals surface area contributed by atoms with Crippen LogP contribution in [0.4, 0.5) is 0 Å². The fourth-order valence-corrected chi connectivity index (χ4v) is 0.838. The van der Waals surface area contributed by atoms with Crippen LogP contribution >= 0.6 is 0 Å². The molecule has 0 radical (unpaired) electrons. The number of amides is 1. The zero-order valence-electron chi connectivity index (χ0n) is 8.29. The lowest BCUT2D eigenvalue weighted by molar-refractivity contribution is -0.157. The van der Waals surface area contributed by atoms with Crippen LogP contribution in [0, 0.1) is 0 Å². The molecule has 0 aromatic carbocycles. The topological polar surface area (TPSA) is 58.6 Å². The van der Waals surface area contributed by atoms with Gasteiger partial charge in [-0.25, -0.2) is 4.79 Å². The SMILES string of the molecule is CNCCCN(C)C(=O)C(=O)OC. The summed E-state index contributed by atoms with van der Waals surface area (Å²) in [5.41, 5.74) is 0. The molecular weight excluding hydrogens is 172 g/mol. The summed E-state index contributed by atoms with van der Waals surface area (Å²) in [6.45, 7) is 1.37. The summed E-state index contributed by atoms with van der Waals surface area (Å²) in [5.74, 6) is -1.41. The van der Waals surface area contributed by atoms with Crippen molar-refractivity contribution in [1.29, 1.82) is 0 Å². The first kappa shape index (κ1) is 11.9. The highest BCUT2D eigenvalue weighted by Crippen LogP contribution is 1.89. The Labute approximate surface area is 78.0 Å². The molecular formula is C8H16N2O3. The third-order valence-electron chi connectivity index (χ3n) is 1.63. The van der Waals surface area contributed by atoms with Crippen LogP contribution in [0.25, 0.3) is 0 Å². The van der Waals surface area contributed by atoms with E-state index in [2.05, 4.69) is 10.1 Å². The fourth-order valence-electron chi connectivity index (χ4n) is 0.838. The van der Waals surface area contributed by atoms with Crippen molar-refractivity contribution in [2.75, 3.05) is 34.3 Å². The van der Waals surface area contributed by atoms with Crippen molar-refractivity contribution in [2.24, 2.45) is 0 Å². The van der Waals surface area contributed by atoms with Crippen LogP contribution in [0.2, 0.25) is 0 Å². The van der Waals surface area contributed by atoms with E-state index in [9.17, 15) is 9.59 Å². The quantitative estimate of drug-likeness (QED) is 0.357. The molecule has 0 bridgehead atoms. The van der Waals surface area contributed by atoms with Gasteiger partial charge in [0.25, 0.3) is 0 Å². The van der Waals surface area contributed by atoms with Crippen LogP contribution in [-0.4, -0.2) is 51.1 Å². The van der Waals surface area contributed by atoms with Crippen molar-refractivity contribution < 1.29 is 14.3 Å². The van der Waals surface area contributed by atoms with Crippen molar-refractivity contribution in [1.82, 2.24) is 10.2 Å². The third-order valence-corrected chi connectivity index (χ3v) is 1.63. The van der Waals surface area contributed by atoms with E-state index < -0.39 is 11.9 Å². The molecule has 0 heterocycles. The molecule has 0 spiro atoms. The van der Waals surface area contributed by atoms with Crippen LogP contribution in [0.5, 0.6) is 0 Å². The molecule has 0 saturated carbocycles. The lowest BCUT2D eigenvalue weighted by Crippen LogP contribution is -2.35. The summed E-state index contributed by atoms with van der Waals surface area (Å²) in [7, 11) is 4.61. The lowest BCUT2D eigenvalue weighted by atomic mass is 10.4. The minimum absolute atomic E-state index is 0.550. The maximum atomic E-state index is 11.1. The second-order valence-corrected chi connectivity index (χ2v) is 2.68. The Morgan fingerprint density at radius 1 is 1.46 bits per heavy atom. The van der Waals surface area contributed by atoms with Gasteiger partial charge in [0.1, 0.15) is 0 Å². The summed E-state index contributed by atoms with van der Waals surface area (Å²) in [5, 5.41) is 2.95. The van der Waals surface area contributed by atoms with Gasteiger partial charge in [-0.3, -0.25) is 4.79 Å². The number of hydrogen-bond acceptors (Lipinski definition) is 4. The number of ether oxygens (including phenoxy) is 1. The van der Waals surface area contributed by atoms with Gasteiger partial charge in [0.2, 0.25) is 0 Å². The Bertz CT molecular complexity index is 182. The summed E-state index contributed by atoms with van der Waals surface area (Å²) in [6.07, 6.45) is 0.815. The molecule has 0 aliphatic heterocycles. The predicted octanol–water partition coefficient (Wildman–Crippen LogP) is -0.773. The number of nitrogens with one attached hydrogen (secondary N) is 1. The normalized spacial score (nSPS) is 9.46. The van der Waals surface area contributed by atoms with Crippen molar-refractivity contribution in [3.05, 3.63) is 0 Å². The predicted molar refractivity (Wildman–Crippen MR) is 48.2 cm³/mol. The van der Waals surface area contributed by atoms with Gasteiger partial charge in [-0.2, -0.15) is 0 Å². The minimum Gasteiger partial charge on any atom is -0.462 e. The first-order valence-corrected chi connectivity index (χ1v) is 4.11. The van der Waals surface area contributed by atoms with Crippen molar-refractivity contribution in [2.45, 2.75) is 6.42 Å². The number of esters is 1. The van der Waals surface area contributed by atoms with Gasteiger partial charge in [-0.05, 0) is 20.0 Å².